The summed E-state index contributed by atoms with van der Waals surface area (Å²) in [6.45, 7) is 3.91. The molecule has 1 aromatic rings. The van der Waals surface area contributed by atoms with E-state index in [1.54, 1.807) is 6.20 Å². The van der Waals surface area contributed by atoms with Crippen molar-refractivity contribution in [1.82, 2.24) is 4.98 Å². The zero-order valence-corrected chi connectivity index (χ0v) is 8.13. The molecule has 13 heavy (non-hydrogen) atoms. The lowest BCUT2D eigenvalue weighted by molar-refractivity contribution is 0.0593. The van der Waals surface area contributed by atoms with Crippen LogP contribution in [0.3, 0.4) is 0 Å². The smallest absolute Gasteiger partial charge is 0.356 e. The molecule has 0 fully saturated rings. The second-order valence-corrected chi connectivity index (χ2v) is 2.85. The van der Waals surface area contributed by atoms with Gasteiger partial charge in [0.15, 0.2) is 5.69 Å². The Hall–Kier alpha value is -1.38. The number of esters is 1. The number of methoxy groups -OCH3 is 1. The third-order valence-electron chi connectivity index (χ3n) is 1.92. The minimum atomic E-state index is -0.375. The van der Waals surface area contributed by atoms with Gasteiger partial charge in [0.1, 0.15) is 0 Å². The molecule has 70 valence electrons. The van der Waals surface area contributed by atoms with E-state index >= 15 is 0 Å². The molecular formula is C10H13NO2. The van der Waals surface area contributed by atoms with Crippen molar-refractivity contribution in [3.05, 3.63) is 29.1 Å². The van der Waals surface area contributed by atoms with Crippen LogP contribution in [0, 0.1) is 6.92 Å². The topological polar surface area (TPSA) is 39.2 Å². The van der Waals surface area contributed by atoms with Gasteiger partial charge in [-0.3, -0.25) is 0 Å². The van der Waals surface area contributed by atoms with Gasteiger partial charge >= 0.3 is 5.97 Å². The summed E-state index contributed by atoms with van der Waals surface area (Å²) in [6, 6.07) is 1.96. The molecule has 3 nitrogen and oxygen atoms in total. The molecule has 0 atom stereocenters. The van der Waals surface area contributed by atoms with Crippen LogP contribution < -0.4 is 0 Å². The van der Waals surface area contributed by atoms with Crippen molar-refractivity contribution in [2.24, 2.45) is 0 Å². The number of rotatable bonds is 2. The molecular weight excluding hydrogens is 166 g/mol. The second-order valence-electron chi connectivity index (χ2n) is 2.85. The van der Waals surface area contributed by atoms with Crippen LogP contribution in [-0.4, -0.2) is 18.1 Å². The standard InChI is InChI=1S/C10H13NO2/c1-4-8-5-7(2)9(11-6-8)10(12)13-3/h5-6H,4H2,1-3H3. The highest BCUT2D eigenvalue weighted by molar-refractivity contribution is 5.88. The summed E-state index contributed by atoms with van der Waals surface area (Å²) < 4.78 is 4.59. The van der Waals surface area contributed by atoms with E-state index in [0.717, 1.165) is 17.5 Å². The Morgan fingerprint density at radius 1 is 1.62 bits per heavy atom. The summed E-state index contributed by atoms with van der Waals surface area (Å²) >= 11 is 0. The molecule has 1 heterocycles. The second kappa shape index (κ2) is 4.03. The van der Waals surface area contributed by atoms with Crippen LogP contribution in [0.15, 0.2) is 12.3 Å². The number of pyridine rings is 1. The molecule has 1 rings (SSSR count). The first-order valence-electron chi connectivity index (χ1n) is 4.22. The fourth-order valence-electron chi connectivity index (χ4n) is 1.14. The lowest BCUT2D eigenvalue weighted by atomic mass is 10.1. The molecule has 0 saturated carbocycles. The number of ether oxygens (including phenoxy) is 1. The summed E-state index contributed by atoms with van der Waals surface area (Å²) in [5, 5.41) is 0. The minimum absolute atomic E-state index is 0.375. The molecule has 0 saturated heterocycles. The fraction of sp³-hybridized carbons (Fsp3) is 0.400. The summed E-state index contributed by atoms with van der Waals surface area (Å²) in [4.78, 5) is 15.2. The minimum Gasteiger partial charge on any atom is -0.464 e. The van der Waals surface area contributed by atoms with Crippen LogP contribution in [0.2, 0.25) is 0 Å². The molecule has 1 aromatic heterocycles. The van der Waals surface area contributed by atoms with Crippen molar-refractivity contribution in [3.63, 3.8) is 0 Å². The Balaban J connectivity index is 3.05. The van der Waals surface area contributed by atoms with E-state index in [0.29, 0.717) is 5.69 Å². The van der Waals surface area contributed by atoms with Gasteiger partial charge < -0.3 is 4.74 Å². The Labute approximate surface area is 77.8 Å². The molecule has 0 aliphatic rings. The van der Waals surface area contributed by atoms with E-state index in [2.05, 4.69) is 9.72 Å². The van der Waals surface area contributed by atoms with Gasteiger partial charge in [0, 0.05) is 6.20 Å². The summed E-state index contributed by atoms with van der Waals surface area (Å²) in [7, 11) is 1.36. The van der Waals surface area contributed by atoms with Gasteiger partial charge in [-0.05, 0) is 24.5 Å². The molecule has 0 radical (unpaired) electrons. The fourth-order valence-corrected chi connectivity index (χ4v) is 1.14. The monoisotopic (exact) mass is 179 g/mol. The third-order valence-corrected chi connectivity index (χ3v) is 1.92. The maximum absolute atomic E-state index is 11.1. The molecule has 0 aromatic carbocycles. The van der Waals surface area contributed by atoms with Crippen molar-refractivity contribution in [2.75, 3.05) is 7.11 Å². The lowest BCUT2D eigenvalue weighted by Crippen LogP contribution is -2.07. The van der Waals surface area contributed by atoms with Crippen LogP contribution in [0.1, 0.15) is 28.5 Å². The maximum Gasteiger partial charge on any atom is 0.356 e. The van der Waals surface area contributed by atoms with Crippen LogP contribution in [0.25, 0.3) is 0 Å². The van der Waals surface area contributed by atoms with Crippen molar-refractivity contribution in [3.8, 4) is 0 Å². The first kappa shape index (κ1) is 9.71. The predicted octanol–water partition coefficient (Wildman–Crippen LogP) is 1.74. The quantitative estimate of drug-likeness (QED) is 0.649. The van der Waals surface area contributed by atoms with E-state index in [9.17, 15) is 4.79 Å². The van der Waals surface area contributed by atoms with E-state index in [-0.39, 0.29) is 5.97 Å². The van der Waals surface area contributed by atoms with Crippen molar-refractivity contribution >= 4 is 5.97 Å². The molecule has 0 spiro atoms. The molecule has 0 amide bonds. The van der Waals surface area contributed by atoms with Gasteiger partial charge in [-0.15, -0.1) is 0 Å². The van der Waals surface area contributed by atoms with Gasteiger partial charge in [0.05, 0.1) is 7.11 Å². The van der Waals surface area contributed by atoms with Crippen LogP contribution in [0.5, 0.6) is 0 Å². The third kappa shape index (κ3) is 2.05. The molecule has 0 aliphatic heterocycles. The van der Waals surface area contributed by atoms with Crippen molar-refractivity contribution in [2.45, 2.75) is 20.3 Å². The van der Waals surface area contributed by atoms with E-state index < -0.39 is 0 Å². The van der Waals surface area contributed by atoms with Gasteiger partial charge in [0.25, 0.3) is 0 Å². The SMILES string of the molecule is CCc1cnc(C(=O)OC)c(C)c1. The predicted molar refractivity (Wildman–Crippen MR) is 49.7 cm³/mol. The Morgan fingerprint density at radius 3 is 2.77 bits per heavy atom. The van der Waals surface area contributed by atoms with Crippen LogP contribution in [0.4, 0.5) is 0 Å². The van der Waals surface area contributed by atoms with Crippen molar-refractivity contribution < 1.29 is 9.53 Å². The number of carbonyl (C=O) groups is 1. The van der Waals surface area contributed by atoms with E-state index in [1.165, 1.54) is 7.11 Å². The highest BCUT2D eigenvalue weighted by atomic mass is 16.5. The highest BCUT2D eigenvalue weighted by Gasteiger charge is 2.10. The van der Waals surface area contributed by atoms with E-state index in [1.807, 2.05) is 19.9 Å². The zero-order chi connectivity index (χ0) is 9.84. The number of nitrogens with zero attached hydrogens (tertiary/aromatic N) is 1. The summed E-state index contributed by atoms with van der Waals surface area (Å²) in [5.41, 5.74) is 2.40. The van der Waals surface area contributed by atoms with Gasteiger partial charge in [-0.25, -0.2) is 9.78 Å². The zero-order valence-electron chi connectivity index (χ0n) is 8.13. The van der Waals surface area contributed by atoms with Gasteiger partial charge in [0.2, 0.25) is 0 Å². The van der Waals surface area contributed by atoms with Gasteiger partial charge in [-0.2, -0.15) is 0 Å². The first-order chi connectivity index (χ1) is 6.19. The average molecular weight is 179 g/mol. The molecule has 3 heteroatoms. The highest BCUT2D eigenvalue weighted by Crippen LogP contribution is 2.08. The van der Waals surface area contributed by atoms with Crippen LogP contribution >= 0.6 is 0 Å². The molecule has 0 N–H and O–H groups in total. The normalized spacial score (nSPS) is 9.77. The number of carbonyl (C=O) groups excluding carboxylic acids is 1. The Kier molecular flexibility index (Phi) is 3.01. The Morgan fingerprint density at radius 2 is 2.31 bits per heavy atom. The van der Waals surface area contributed by atoms with E-state index in [4.69, 9.17) is 0 Å². The Bertz CT molecular complexity index is 321. The van der Waals surface area contributed by atoms with Gasteiger partial charge in [-0.1, -0.05) is 13.0 Å². The maximum atomic E-state index is 11.1. The lowest BCUT2D eigenvalue weighted by Gasteiger charge is -2.03. The number of hydrogen-bond donors (Lipinski definition) is 0. The number of aryl methyl sites for hydroxylation is 2. The van der Waals surface area contributed by atoms with Crippen LogP contribution in [-0.2, 0) is 11.2 Å². The number of aromatic nitrogens is 1. The first-order valence-corrected chi connectivity index (χ1v) is 4.22. The summed E-state index contributed by atoms with van der Waals surface area (Å²) in [5.74, 6) is -0.375. The molecule has 0 unspecified atom stereocenters. The molecule has 0 aliphatic carbocycles. The summed E-state index contributed by atoms with van der Waals surface area (Å²) in [6.07, 6.45) is 2.63. The average Bonchev–Trinajstić information content (AvgIpc) is 2.16. The number of hydrogen-bond acceptors (Lipinski definition) is 3. The largest absolute Gasteiger partial charge is 0.464 e. The molecule has 0 bridgehead atoms. The van der Waals surface area contributed by atoms with Crippen molar-refractivity contribution in [1.29, 1.82) is 0 Å².